The van der Waals surface area contributed by atoms with E-state index in [1.807, 2.05) is 30.3 Å². The lowest BCUT2D eigenvalue weighted by Gasteiger charge is -2.07. The van der Waals surface area contributed by atoms with Gasteiger partial charge in [0.15, 0.2) is 0 Å². The van der Waals surface area contributed by atoms with Gasteiger partial charge in [-0.15, -0.1) is 11.8 Å². The fraction of sp³-hybridized carbons (Fsp3) is 0.0556. The first-order chi connectivity index (χ1) is 10.2. The summed E-state index contributed by atoms with van der Waals surface area (Å²) in [4.78, 5) is 12.3. The standard InChI is InChI=1S/C18H15NOS/c19-18(20)16-7-3-4-8-17(16)21-12-13-9-10-14-5-1-2-6-15(14)11-13/h1-11H,12H2,(H2,19,20). The molecule has 104 valence electrons. The lowest BCUT2D eigenvalue weighted by atomic mass is 10.1. The zero-order valence-corrected chi connectivity index (χ0v) is 12.3. The average Bonchev–Trinajstić information content (AvgIpc) is 2.53. The maximum Gasteiger partial charge on any atom is 0.249 e. The van der Waals surface area contributed by atoms with Crippen LogP contribution >= 0.6 is 11.8 Å². The van der Waals surface area contributed by atoms with E-state index in [-0.39, 0.29) is 5.91 Å². The third-order valence-electron chi connectivity index (χ3n) is 3.36. The van der Waals surface area contributed by atoms with Crippen molar-refractivity contribution in [2.75, 3.05) is 0 Å². The second kappa shape index (κ2) is 6.02. The first-order valence-corrected chi connectivity index (χ1v) is 7.72. The van der Waals surface area contributed by atoms with Crippen LogP contribution in [-0.4, -0.2) is 5.91 Å². The van der Waals surface area contributed by atoms with Crippen molar-refractivity contribution in [2.45, 2.75) is 10.6 Å². The summed E-state index contributed by atoms with van der Waals surface area (Å²) in [5.41, 5.74) is 7.23. The monoisotopic (exact) mass is 293 g/mol. The highest BCUT2D eigenvalue weighted by atomic mass is 32.2. The van der Waals surface area contributed by atoms with Gasteiger partial charge in [0.25, 0.3) is 0 Å². The molecule has 3 aromatic rings. The molecule has 0 heterocycles. The summed E-state index contributed by atoms with van der Waals surface area (Å²) in [6.45, 7) is 0. The Morgan fingerprint density at radius 3 is 2.43 bits per heavy atom. The van der Waals surface area contributed by atoms with Gasteiger partial charge in [-0.3, -0.25) is 4.79 Å². The third kappa shape index (κ3) is 3.09. The van der Waals surface area contributed by atoms with Crippen LogP contribution in [0, 0.1) is 0 Å². The van der Waals surface area contributed by atoms with E-state index in [2.05, 4.69) is 30.3 Å². The molecule has 0 saturated carbocycles. The van der Waals surface area contributed by atoms with Crippen molar-refractivity contribution in [1.29, 1.82) is 0 Å². The van der Waals surface area contributed by atoms with Crippen LogP contribution in [0.25, 0.3) is 10.8 Å². The van der Waals surface area contributed by atoms with Gasteiger partial charge in [0, 0.05) is 10.6 Å². The van der Waals surface area contributed by atoms with Gasteiger partial charge in [-0.05, 0) is 28.5 Å². The average molecular weight is 293 g/mol. The summed E-state index contributed by atoms with van der Waals surface area (Å²) in [5.74, 6) is 0.436. The molecule has 0 spiro atoms. The van der Waals surface area contributed by atoms with Gasteiger partial charge < -0.3 is 5.73 Å². The summed E-state index contributed by atoms with van der Waals surface area (Å²) in [6.07, 6.45) is 0. The molecule has 0 aliphatic heterocycles. The van der Waals surface area contributed by atoms with Crippen LogP contribution in [0.4, 0.5) is 0 Å². The Kier molecular flexibility index (Phi) is 3.93. The van der Waals surface area contributed by atoms with Crippen molar-refractivity contribution in [3.05, 3.63) is 77.9 Å². The molecule has 2 N–H and O–H groups in total. The second-order valence-corrected chi connectivity index (χ2v) is 5.85. The Morgan fingerprint density at radius 2 is 1.62 bits per heavy atom. The number of benzene rings is 3. The van der Waals surface area contributed by atoms with Crippen molar-refractivity contribution >= 4 is 28.4 Å². The van der Waals surface area contributed by atoms with Gasteiger partial charge in [-0.2, -0.15) is 0 Å². The molecular formula is C18H15NOS. The van der Waals surface area contributed by atoms with Gasteiger partial charge in [-0.1, -0.05) is 54.6 Å². The van der Waals surface area contributed by atoms with Crippen LogP contribution in [-0.2, 0) is 5.75 Å². The number of hydrogen-bond donors (Lipinski definition) is 1. The van der Waals surface area contributed by atoms with E-state index in [9.17, 15) is 4.79 Å². The topological polar surface area (TPSA) is 43.1 Å². The molecule has 21 heavy (non-hydrogen) atoms. The molecule has 3 rings (SSSR count). The van der Waals surface area contributed by atoms with Gasteiger partial charge in [0.05, 0.1) is 5.56 Å². The smallest absolute Gasteiger partial charge is 0.249 e. The zero-order valence-electron chi connectivity index (χ0n) is 11.5. The lowest BCUT2D eigenvalue weighted by molar-refractivity contribution is 0.0997. The first kappa shape index (κ1) is 13.7. The number of amides is 1. The van der Waals surface area contributed by atoms with E-state index in [0.717, 1.165) is 10.6 Å². The van der Waals surface area contributed by atoms with E-state index in [1.54, 1.807) is 17.8 Å². The van der Waals surface area contributed by atoms with Crippen molar-refractivity contribution in [3.8, 4) is 0 Å². The minimum absolute atomic E-state index is 0.378. The first-order valence-electron chi connectivity index (χ1n) is 6.73. The van der Waals surface area contributed by atoms with Crippen molar-refractivity contribution in [3.63, 3.8) is 0 Å². The molecule has 0 aliphatic rings. The van der Waals surface area contributed by atoms with Gasteiger partial charge in [0.2, 0.25) is 5.91 Å². The number of primary amides is 1. The minimum Gasteiger partial charge on any atom is -0.366 e. The number of fused-ring (bicyclic) bond motifs is 1. The molecule has 1 amide bonds. The van der Waals surface area contributed by atoms with Crippen molar-refractivity contribution < 1.29 is 4.79 Å². The van der Waals surface area contributed by atoms with Crippen LogP contribution in [0.15, 0.2) is 71.6 Å². The summed E-state index contributed by atoms with van der Waals surface area (Å²) in [5, 5.41) is 2.47. The molecule has 0 aliphatic carbocycles. The number of carbonyl (C=O) groups excluding carboxylic acids is 1. The maximum atomic E-state index is 11.4. The molecule has 3 aromatic carbocycles. The highest BCUT2D eigenvalue weighted by Crippen LogP contribution is 2.27. The molecule has 0 radical (unpaired) electrons. The van der Waals surface area contributed by atoms with Crippen LogP contribution in [0.2, 0.25) is 0 Å². The minimum atomic E-state index is -0.378. The molecule has 0 saturated heterocycles. The predicted octanol–water partition coefficient (Wildman–Crippen LogP) is 4.23. The van der Waals surface area contributed by atoms with E-state index in [1.165, 1.54) is 16.3 Å². The molecular weight excluding hydrogens is 278 g/mol. The quantitative estimate of drug-likeness (QED) is 0.731. The Labute approximate surface area is 128 Å². The van der Waals surface area contributed by atoms with Gasteiger partial charge in [0.1, 0.15) is 0 Å². The summed E-state index contributed by atoms with van der Waals surface area (Å²) < 4.78 is 0. The number of hydrogen-bond acceptors (Lipinski definition) is 2. The number of nitrogens with two attached hydrogens (primary N) is 1. The van der Waals surface area contributed by atoms with Crippen molar-refractivity contribution in [1.82, 2.24) is 0 Å². The van der Waals surface area contributed by atoms with Gasteiger partial charge >= 0.3 is 0 Å². The molecule has 0 fully saturated rings. The van der Waals surface area contributed by atoms with Crippen LogP contribution < -0.4 is 5.73 Å². The molecule has 0 atom stereocenters. The highest BCUT2D eigenvalue weighted by molar-refractivity contribution is 7.98. The van der Waals surface area contributed by atoms with E-state index >= 15 is 0 Å². The summed E-state index contributed by atoms with van der Waals surface area (Å²) in [7, 11) is 0. The largest absolute Gasteiger partial charge is 0.366 e. The molecule has 0 aromatic heterocycles. The second-order valence-electron chi connectivity index (χ2n) is 4.83. The number of carbonyl (C=O) groups is 1. The van der Waals surface area contributed by atoms with Crippen LogP contribution in [0.3, 0.4) is 0 Å². The van der Waals surface area contributed by atoms with E-state index in [0.29, 0.717) is 5.56 Å². The number of rotatable bonds is 4. The van der Waals surface area contributed by atoms with E-state index < -0.39 is 0 Å². The van der Waals surface area contributed by atoms with Crippen LogP contribution in [0.1, 0.15) is 15.9 Å². The Hall–Kier alpha value is -2.26. The third-order valence-corrected chi connectivity index (χ3v) is 4.51. The van der Waals surface area contributed by atoms with E-state index in [4.69, 9.17) is 5.73 Å². The van der Waals surface area contributed by atoms with Crippen molar-refractivity contribution in [2.24, 2.45) is 5.73 Å². The fourth-order valence-electron chi connectivity index (χ4n) is 2.29. The SMILES string of the molecule is NC(=O)c1ccccc1SCc1ccc2ccccc2c1. The Balaban J connectivity index is 1.82. The summed E-state index contributed by atoms with van der Waals surface area (Å²) in [6, 6.07) is 22.2. The lowest BCUT2D eigenvalue weighted by Crippen LogP contribution is -2.11. The predicted molar refractivity (Wildman–Crippen MR) is 88.5 cm³/mol. The Bertz CT molecular complexity index is 798. The molecule has 3 heteroatoms. The van der Waals surface area contributed by atoms with Gasteiger partial charge in [-0.25, -0.2) is 0 Å². The molecule has 0 unspecified atom stereocenters. The van der Waals surface area contributed by atoms with Crippen LogP contribution in [0.5, 0.6) is 0 Å². The Morgan fingerprint density at radius 1 is 0.905 bits per heavy atom. The zero-order chi connectivity index (χ0) is 14.7. The molecule has 2 nitrogen and oxygen atoms in total. The highest BCUT2D eigenvalue weighted by Gasteiger charge is 2.07. The normalized spacial score (nSPS) is 10.7. The fourth-order valence-corrected chi connectivity index (χ4v) is 3.29. The molecule has 0 bridgehead atoms. The maximum absolute atomic E-state index is 11.4. The summed E-state index contributed by atoms with van der Waals surface area (Å²) >= 11 is 1.64. The number of thioether (sulfide) groups is 1.